The number of ether oxygens (including phenoxy) is 1. The number of aryl methyl sites for hydroxylation is 1. The fourth-order valence-electron chi connectivity index (χ4n) is 1.64. The highest BCUT2D eigenvalue weighted by atomic mass is 16.5. The number of nitrogens with zero attached hydrogens (tertiary/aromatic N) is 3. The number of benzene rings is 1. The number of rotatable bonds is 4. The highest BCUT2D eigenvalue weighted by Gasteiger charge is 2.13. The summed E-state index contributed by atoms with van der Waals surface area (Å²) in [7, 11) is 0. The van der Waals surface area contributed by atoms with E-state index in [0.29, 0.717) is 23.7 Å². The zero-order valence-corrected chi connectivity index (χ0v) is 10.5. The molecule has 0 amide bonds. The normalized spacial score (nSPS) is 10.4. The Labute approximate surface area is 110 Å². The molecule has 2 rings (SSSR count). The van der Waals surface area contributed by atoms with Crippen molar-refractivity contribution in [3.63, 3.8) is 0 Å². The van der Waals surface area contributed by atoms with E-state index in [1.54, 1.807) is 10.7 Å². The Kier molecular flexibility index (Phi) is 3.65. The molecule has 0 fully saturated rings. The lowest BCUT2D eigenvalue weighted by atomic mass is 10.1. The van der Waals surface area contributed by atoms with Gasteiger partial charge in [0, 0.05) is 17.9 Å². The van der Waals surface area contributed by atoms with Gasteiger partial charge in [0.1, 0.15) is 6.33 Å². The van der Waals surface area contributed by atoms with Crippen molar-refractivity contribution in [2.45, 2.75) is 20.1 Å². The largest absolute Gasteiger partial charge is 0.454 e. The first-order valence-corrected chi connectivity index (χ1v) is 5.80. The molecule has 0 bridgehead atoms. The van der Waals surface area contributed by atoms with E-state index in [4.69, 9.17) is 16.2 Å². The number of nitrogen functional groups attached to an aromatic ring is 2. The Morgan fingerprint density at radius 1 is 1.42 bits per heavy atom. The summed E-state index contributed by atoms with van der Waals surface area (Å²) in [6.07, 6.45) is 1.42. The number of anilines is 2. The van der Waals surface area contributed by atoms with Gasteiger partial charge in [-0.3, -0.25) is 0 Å². The smallest absolute Gasteiger partial charge is 0.340 e. The van der Waals surface area contributed by atoms with Gasteiger partial charge in [-0.25, -0.2) is 14.5 Å². The second-order valence-corrected chi connectivity index (χ2v) is 3.91. The Morgan fingerprint density at radius 2 is 2.21 bits per heavy atom. The lowest BCUT2D eigenvalue weighted by molar-refractivity contribution is 0.0458. The fraction of sp³-hybridized carbons (Fsp3) is 0.250. The average Bonchev–Trinajstić information content (AvgIpc) is 2.83. The summed E-state index contributed by atoms with van der Waals surface area (Å²) in [5, 5.41) is 3.99. The molecule has 4 N–H and O–H groups in total. The van der Waals surface area contributed by atoms with Crippen LogP contribution >= 0.6 is 0 Å². The minimum absolute atomic E-state index is 0.0521. The SMILES string of the molecule is CCn1ncnc1COC(=O)c1ccc(N)cc1N. The summed E-state index contributed by atoms with van der Waals surface area (Å²) < 4.78 is 6.80. The van der Waals surface area contributed by atoms with Crippen molar-refractivity contribution in [2.24, 2.45) is 0 Å². The fourth-order valence-corrected chi connectivity index (χ4v) is 1.64. The van der Waals surface area contributed by atoms with Crippen molar-refractivity contribution < 1.29 is 9.53 Å². The molecule has 1 aromatic heterocycles. The summed E-state index contributed by atoms with van der Waals surface area (Å²) in [5.74, 6) is 0.0769. The molecule has 0 spiro atoms. The minimum Gasteiger partial charge on any atom is -0.454 e. The van der Waals surface area contributed by atoms with Crippen molar-refractivity contribution in [3.05, 3.63) is 35.9 Å². The van der Waals surface area contributed by atoms with Crippen molar-refractivity contribution in [1.29, 1.82) is 0 Å². The number of hydrogen-bond donors (Lipinski definition) is 2. The third-order valence-electron chi connectivity index (χ3n) is 2.62. The van der Waals surface area contributed by atoms with Gasteiger partial charge in [-0.2, -0.15) is 5.10 Å². The summed E-state index contributed by atoms with van der Waals surface area (Å²) in [5.41, 5.74) is 12.4. The molecule has 0 aliphatic rings. The van der Waals surface area contributed by atoms with Gasteiger partial charge >= 0.3 is 5.97 Å². The van der Waals surface area contributed by atoms with E-state index in [9.17, 15) is 4.79 Å². The van der Waals surface area contributed by atoms with Crippen LogP contribution in [0.5, 0.6) is 0 Å². The van der Waals surface area contributed by atoms with E-state index in [1.165, 1.54) is 18.5 Å². The molecule has 0 aliphatic heterocycles. The zero-order valence-electron chi connectivity index (χ0n) is 10.5. The van der Waals surface area contributed by atoms with Crippen LogP contribution in [0, 0.1) is 0 Å². The van der Waals surface area contributed by atoms with E-state index in [0.717, 1.165) is 0 Å². The molecular formula is C12H15N5O2. The molecule has 2 aromatic rings. The molecule has 0 unspecified atom stereocenters. The van der Waals surface area contributed by atoms with Crippen LogP contribution in [0.2, 0.25) is 0 Å². The molecule has 7 heteroatoms. The third kappa shape index (κ3) is 2.82. The van der Waals surface area contributed by atoms with Crippen molar-refractivity contribution in [1.82, 2.24) is 14.8 Å². The number of nitrogens with two attached hydrogens (primary N) is 2. The molecule has 0 radical (unpaired) electrons. The molecule has 1 aromatic carbocycles. The number of carbonyl (C=O) groups excluding carboxylic acids is 1. The van der Waals surface area contributed by atoms with Crippen molar-refractivity contribution in [3.8, 4) is 0 Å². The first-order chi connectivity index (χ1) is 9.11. The molecule has 7 nitrogen and oxygen atoms in total. The number of carbonyl (C=O) groups is 1. The minimum atomic E-state index is -0.511. The monoisotopic (exact) mass is 261 g/mol. The van der Waals surface area contributed by atoms with Gasteiger partial charge in [0.2, 0.25) is 0 Å². The van der Waals surface area contributed by atoms with E-state index in [2.05, 4.69) is 10.1 Å². The van der Waals surface area contributed by atoms with Gasteiger partial charge in [-0.05, 0) is 25.1 Å². The topological polar surface area (TPSA) is 109 Å². The maximum absolute atomic E-state index is 11.9. The van der Waals surface area contributed by atoms with Gasteiger partial charge < -0.3 is 16.2 Å². The second kappa shape index (κ2) is 5.38. The quantitative estimate of drug-likeness (QED) is 0.623. The highest BCUT2D eigenvalue weighted by molar-refractivity contribution is 5.95. The highest BCUT2D eigenvalue weighted by Crippen LogP contribution is 2.17. The van der Waals surface area contributed by atoms with E-state index >= 15 is 0 Å². The van der Waals surface area contributed by atoms with E-state index < -0.39 is 5.97 Å². The average molecular weight is 261 g/mol. The molecule has 0 saturated heterocycles. The maximum atomic E-state index is 11.9. The third-order valence-corrected chi connectivity index (χ3v) is 2.62. The summed E-state index contributed by atoms with van der Waals surface area (Å²) in [6, 6.07) is 4.66. The lowest BCUT2D eigenvalue weighted by Crippen LogP contribution is -2.12. The Balaban J connectivity index is 2.05. The van der Waals surface area contributed by atoms with Crippen molar-refractivity contribution >= 4 is 17.3 Å². The van der Waals surface area contributed by atoms with Crippen LogP contribution in [0.4, 0.5) is 11.4 Å². The van der Waals surface area contributed by atoms with Crippen LogP contribution in [0.1, 0.15) is 23.1 Å². The molecular weight excluding hydrogens is 246 g/mol. The van der Waals surface area contributed by atoms with E-state index in [-0.39, 0.29) is 12.2 Å². The summed E-state index contributed by atoms with van der Waals surface area (Å²) in [6.45, 7) is 2.64. The van der Waals surface area contributed by atoms with Gasteiger partial charge in [0.15, 0.2) is 12.4 Å². The Bertz CT molecular complexity index is 594. The first kappa shape index (κ1) is 12.9. The van der Waals surface area contributed by atoms with Crippen LogP contribution in [0.15, 0.2) is 24.5 Å². The number of esters is 1. The van der Waals surface area contributed by atoms with Crippen LogP contribution in [0.3, 0.4) is 0 Å². The summed E-state index contributed by atoms with van der Waals surface area (Å²) >= 11 is 0. The van der Waals surface area contributed by atoms with Crippen LogP contribution in [-0.4, -0.2) is 20.7 Å². The van der Waals surface area contributed by atoms with Crippen molar-refractivity contribution in [2.75, 3.05) is 11.5 Å². The van der Waals surface area contributed by atoms with Gasteiger partial charge in [0.05, 0.1) is 5.56 Å². The molecule has 0 saturated carbocycles. The summed E-state index contributed by atoms with van der Waals surface area (Å²) in [4.78, 5) is 15.9. The van der Waals surface area contributed by atoms with Gasteiger partial charge in [-0.1, -0.05) is 0 Å². The van der Waals surface area contributed by atoms with Gasteiger partial charge in [0.25, 0.3) is 0 Å². The predicted molar refractivity (Wildman–Crippen MR) is 70.1 cm³/mol. The first-order valence-electron chi connectivity index (χ1n) is 5.80. The standard InChI is InChI=1S/C12H15N5O2/c1-2-17-11(15-7-16-17)6-19-12(18)9-4-3-8(13)5-10(9)14/h3-5,7H,2,6,13-14H2,1H3. The molecule has 1 heterocycles. The Morgan fingerprint density at radius 3 is 2.89 bits per heavy atom. The molecule has 0 aliphatic carbocycles. The predicted octanol–water partition coefficient (Wildman–Crippen LogP) is 0.819. The molecule has 0 atom stereocenters. The molecule has 19 heavy (non-hydrogen) atoms. The molecule has 100 valence electrons. The second-order valence-electron chi connectivity index (χ2n) is 3.91. The number of hydrogen-bond acceptors (Lipinski definition) is 6. The zero-order chi connectivity index (χ0) is 13.8. The van der Waals surface area contributed by atoms with Crippen LogP contribution < -0.4 is 11.5 Å². The Hall–Kier alpha value is -2.57. The van der Waals surface area contributed by atoms with Crippen LogP contribution in [0.25, 0.3) is 0 Å². The number of aromatic nitrogens is 3. The van der Waals surface area contributed by atoms with Crippen LogP contribution in [-0.2, 0) is 17.9 Å². The van der Waals surface area contributed by atoms with Gasteiger partial charge in [-0.15, -0.1) is 0 Å². The van der Waals surface area contributed by atoms with E-state index in [1.807, 2.05) is 6.92 Å². The lowest BCUT2D eigenvalue weighted by Gasteiger charge is -2.07. The maximum Gasteiger partial charge on any atom is 0.340 e.